The Kier molecular flexibility index (Phi) is 5.22. The van der Waals surface area contributed by atoms with E-state index >= 15 is 0 Å². The highest BCUT2D eigenvalue weighted by atomic mass is 32.2. The number of non-ortho nitro benzene ring substituents is 1. The number of sulfonamides is 1. The highest BCUT2D eigenvalue weighted by Gasteiger charge is 2.32. The average Bonchev–Trinajstić information content (AvgIpc) is 3.25. The number of benzene rings is 2. The molecule has 0 unspecified atom stereocenters. The van der Waals surface area contributed by atoms with Crippen LogP contribution in [0.1, 0.15) is 5.56 Å². The Morgan fingerprint density at radius 1 is 1.07 bits per heavy atom. The summed E-state index contributed by atoms with van der Waals surface area (Å²) < 4.78 is 32.7. The van der Waals surface area contributed by atoms with Gasteiger partial charge in [-0.05, 0) is 29.8 Å². The summed E-state index contributed by atoms with van der Waals surface area (Å²) in [6.07, 6.45) is 0. The number of rotatable bonds is 5. The summed E-state index contributed by atoms with van der Waals surface area (Å²) >= 11 is 0. The van der Waals surface area contributed by atoms with Gasteiger partial charge in [0, 0.05) is 43.9 Å². The molecule has 0 aliphatic carbocycles. The third kappa shape index (κ3) is 3.76. The van der Waals surface area contributed by atoms with Gasteiger partial charge in [0.15, 0.2) is 0 Å². The molecule has 1 saturated heterocycles. The van der Waals surface area contributed by atoms with Crippen LogP contribution >= 0.6 is 0 Å². The summed E-state index contributed by atoms with van der Waals surface area (Å²) in [7, 11) is -3.85. The summed E-state index contributed by atoms with van der Waals surface area (Å²) in [5.74, 6) is 0.797. The molecule has 0 atom stereocenters. The van der Waals surface area contributed by atoms with Crippen LogP contribution in [0.25, 0.3) is 11.5 Å². The van der Waals surface area contributed by atoms with Gasteiger partial charge in [-0.3, -0.25) is 10.1 Å². The first-order valence-corrected chi connectivity index (χ1v) is 10.7. The van der Waals surface area contributed by atoms with Crippen LogP contribution in [0.15, 0.2) is 57.9 Å². The minimum Gasteiger partial charge on any atom is -0.336 e. The van der Waals surface area contributed by atoms with Crippen LogP contribution < -0.4 is 4.90 Å². The molecule has 0 amide bonds. The Morgan fingerprint density at radius 2 is 1.77 bits per heavy atom. The molecule has 4 rings (SSSR count). The van der Waals surface area contributed by atoms with Crippen molar-refractivity contribution in [1.82, 2.24) is 14.4 Å². The average molecular weight is 429 g/mol. The van der Waals surface area contributed by atoms with Crippen molar-refractivity contribution in [3.05, 3.63) is 64.2 Å². The van der Waals surface area contributed by atoms with Gasteiger partial charge in [0.05, 0.1) is 9.82 Å². The molecular formula is C19H19N5O5S. The van der Waals surface area contributed by atoms with Crippen LogP contribution in [0.5, 0.6) is 0 Å². The van der Waals surface area contributed by atoms with Crippen LogP contribution in [0, 0.1) is 17.0 Å². The van der Waals surface area contributed by atoms with Crippen molar-refractivity contribution in [2.45, 2.75) is 11.8 Å². The van der Waals surface area contributed by atoms with E-state index in [1.165, 1.54) is 16.4 Å². The molecule has 0 bridgehead atoms. The molecule has 11 heteroatoms. The Balaban J connectivity index is 1.49. The molecule has 1 aliphatic heterocycles. The van der Waals surface area contributed by atoms with Crippen molar-refractivity contribution in [2.75, 3.05) is 31.1 Å². The molecule has 10 nitrogen and oxygen atoms in total. The fourth-order valence-electron chi connectivity index (χ4n) is 3.29. The maximum atomic E-state index is 13.1. The number of piperazine rings is 1. The Bertz CT molecular complexity index is 1170. The van der Waals surface area contributed by atoms with Crippen LogP contribution in [-0.4, -0.2) is 54.0 Å². The monoisotopic (exact) mass is 429 g/mol. The summed E-state index contributed by atoms with van der Waals surface area (Å²) in [4.78, 5) is 16.6. The van der Waals surface area contributed by atoms with E-state index in [4.69, 9.17) is 4.52 Å². The number of aryl methyl sites for hydroxylation is 1. The third-order valence-corrected chi connectivity index (χ3v) is 7.00. The van der Waals surface area contributed by atoms with E-state index in [2.05, 4.69) is 10.1 Å². The van der Waals surface area contributed by atoms with Crippen LogP contribution in [0.4, 0.5) is 11.6 Å². The molecule has 2 heterocycles. The second kappa shape index (κ2) is 7.84. The van der Waals surface area contributed by atoms with Gasteiger partial charge in [-0.1, -0.05) is 24.3 Å². The highest BCUT2D eigenvalue weighted by molar-refractivity contribution is 7.89. The zero-order chi connectivity index (χ0) is 21.3. The Morgan fingerprint density at radius 3 is 2.43 bits per heavy atom. The van der Waals surface area contributed by atoms with Gasteiger partial charge in [0.1, 0.15) is 0 Å². The molecule has 1 aliphatic rings. The molecule has 1 aromatic heterocycles. The lowest BCUT2D eigenvalue weighted by molar-refractivity contribution is -0.385. The molecule has 156 valence electrons. The van der Waals surface area contributed by atoms with Gasteiger partial charge in [-0.15, -0.1) is 0 Å². The fourth-order valence-corrected chi connectivity index (χ4v) is 4.96. The molecule has 30 heavy (non-hydrogen) atoms. The number of nitro groups is 1. The van der Waals surface area contributed by atoms with Gasteiger partial charge < -0.3 is 9.42 Å². The first kappa shape index (κ1) is 20.0. The molecule has 0 spiro atoms. The van der Waals surface area contributed by atoms with Crippen molar-refractivity contribution in [2.24, 2.45) is 0 Å². The van der Waals surface area contributed by atoms with E-state index in [-0.39, 0.29) is 23.7 Å². The Labute approximate surface area is 172 Å². The zero-order valence-corrected chi connectivity index (χ0v) is 16.9. The fraction of sp³-hybridized carbons (Fsp3) is 0.263. The van der Waals surface area contributed by atoms with Gasteiger partial charge in [-0.2, -0.15) is 9.29 Å². The maximum absolute atomic E-state index is 13.1. The van der Waals surface area contributed by atoms with Gasteiger partial charge in [0.25, 0.3) is 17.5 Å². The lowest BCUT2D eigenvalue weighted by Crippen LogP contribution is -2.49. The largest absolute Gasteiger partial charge is 0.336 e. The zero-order valence-electron chi connectivity index (χ0n) is 16.1. The molecule has 1 fully saturated rings. The van der Waals surface area contributed by atoms with Gasteiger partial charge in [-0.25, -0.2) is 8.42 Å². The first-order valence-electron chi connectivity index (χ1n) is 9.25. The second-order valence-electron chi connectivity index (χ2n) is 6.86. The third-order valence-electron chi connectivity index (χ3n) is 4.96. The van der Waals surface area contributed by atoms with Gasteiger partial charge >= 0.3 is 0 Å². The predicted molar refractivity (Wildman–Crippen MR) is 109 cm³/mol. The van der Waals surface area contributed by atoms with Crippen LogP contribution in [0.3, 0.4) is 0 Å². The van der Waals surface area contributed by atoms with Crippen LogP contribution in [-0.2, 0) is 10.0 Å². The second-order valence-corrected chi connectivity index (χ2v) is 8.77. The van der Waals surface area contributed by atoms with E-state index in [1.807, 2.05) is 35.2 Å². The number of hydrogen-bond acceptors (Lipinski definition) is 8. The summed E-state index contributed by atoms with van der Waals surface area (Å²) in [5.41, 5.74) is 1.02. The number of nitrogens with zero attached hydrogens (tertiary/aromatic N) is 5. The smallest absolute Gasteiger partial charge is 0.270 e. The molecule has 2 aromatic carbocycles. The van der Waals surface area contributed by atoms with Crippen molar-refractivity contribution < 1.29 is 17.9 Å². The van der Waals surface area contributed by atoms with Crippen molar-refractivity contribution in [3.63, 3.8) is 0 Å². The number of hydrogen-bond donors (Lipinski definition) is 0. The summed E-state index contributed by atoms with van der Waals surface area (Å²) in [5, 5.41) is 15.0. The van der Waals surface area contributed by atoms with E-state index in [0.717, 1.165) is 11.6 Å². The van der Waals surface area contributed by atoms with Crippen molar-refractivity contribution in [1.29, 1.82) is 0 Å². The molecule has 3 aromatic rings. The quantitative estimate of drug-likeness (QED) is 0.448. The van der Waals surface area contributed by atoms with Crippen molar-refractivity contribution >= 4 is 21.7 Å². The number of aromatic nitrogens is 2. The SMILES string of the molecule is Cc1ccc([N+](=O)[O-])cc1S(=O)(=O)N1CCN(c2noc(-c3ccccc3)n2)CC1. The molecule has 0 N–H and O–H groups in total. The van der Waals surface area contributed by atoms with Gasteiger partial charge in [0.2, 0.25) is 10.0 Å². The Hall–Kier alpha value is -3.31. The van der Waals surface area contributed by atoms with E-state index in [1.54, 1.807) is 6.92 Å². The van der Waals surface area contributed by atoms with Crippen molar-refractivity contribution in [3.8, 4) is 11.5 Å². The first-order chi connectivity index (χ1) is 14.4. The molecule has 0 radical (unpaired) electrons. The lowest BCUT2D eigenvalue weighted by Gasteiger charge is -2.33. The summed E-state index contributed by atoms with van der Waals surface area (Å²) in [6.45, 7) is 2.79. The normalized spacial score (nSPS) is 15.3. The minimum absolute atomic E-state index is 0.0453. The molecule has 0 saturated carbocycles. The van der Waals surface area contributed by atoms with E-state index < -0.39 is 14.9 Å². The van der Waals surface area contributed by atoms with E-state index in [0.29, 0.717) is 30.5 Å². The predicted octanol–water partition coefficient (Wildman–Crippen LogP) is 2.46. The van der Waals surface area contributed by atoms with Crippen LogP contribution in [0.2, 0.25) is 0 Å². The minimum atomic E-state index is -3.85. The topological polar surface area (TPSA) is 123 Å². The number of nitro benzene ring substituents is 1. The number of anilines is 1. The molecular weight excluding hydrogens is 410 g/mol. The maximum Gasteiger partial charge on any atom is 0.270 e. The highest BCUT2D eigenvalue weighted by Crippen LogP contribution is 2.26. The summed E-state index contributed by atoms with van der Waals surface area (Å²) in [6, 6.07) is 13.2. The lowest BCUT2D eigenvalue weighted by atomic mass is 10.2. The van der Waals surface area contributed by atoms with E-state index in [9.17, 15) is 18.5 Å². The standard InChI is InChI=1S/C19H19N5O5S/c1-14-7-8-16(24(25)26)13-17(14)30(27,28)23-11-9-22(10-12-23)19-20-18(29-21-19)15-5-3-2-4-6-15/h2-8,13H,9-12H2,1H3.